The third-order valence-electron chi connectivity index (χ3n) is 3.85. The zero-order valence-electron chi connectivity index (χ0n) is 13.9. The van der Waals surface area contributed by atoms with Gasteiger partial charge in [-0.3, -0.25) is 9.78 Å². The van der Waals surface area contributed by atoms with Crippen molar-refractivity contribution < 1.29 is 9.18 Å². The Balaban J connectivity index is 1.78. The number of hydrogen-bond acceptors (Lipinski definition) is 5. The molecule has 0 aliphatic heterocycles. The molecule has 3 rings (SSSR count). The maximum Gasteiger partial charge on any atom is 0.248 e. The zero-order chi connectivity index (χ0) is 19.4. The van der Waals surface area contributed by atoms with Crippen LogP contribution in [0.15, 0.2) is 24.4 Å². The van der Waals surface area contributed by atoms with Gasteiger partial charge in [-0.05, 0) is 53.1 Å². The van der Waals surface area contributed by atoms with E-state index in [1.807, 2.05) is 0 Å². The van der Waals surface area contributed by atoms with Crippen LogP contribution in [0.3, 0.4) is 0 Å². The van der Waals surface area contributed by atoms with Crippen molar-refractivity contribution in [1.82, 2.24) is 9.97 Å². The van der Waals surface area contributed by atoms with E-state index in [9.17, 15) is 9.18 Å². The Hall–Kier alpha value is -1.64. The molecule has 1 amide bonds. The van der Waals surface area contributed by atoms with Gasteiger partial charge in [-0.2, -0.15) is 0 Å². The van der Waals surface area contributed by atoms with Gasteiger partial charge in [-0.1, -0.05) is 11.6 Å². The fourth-order valence-electron chi connectivity index (χ4n) is 2.45. The minimum absolute atomic E-state index is 0.0135. The molecule has 3 N–H and O–H groups in total. The number of halogens is 3. The van der Waals surface area contributed by atoms with Gasteiger partial charge in [0.05, 0.1) is 16.4 Å². The average Bonchev–Trinajstić information content (AvgIpc) is 3.47. The van der Waals surface area contributed by atoms with Crippen LogP contribution in [0, 0.1) is 11.2 Å². The number of nitrogens with zero attached hydrogens (tertiary/aromatic N) is 2. The Kier molecular flexibility index (Phi) is 6.73. The molecule has 27 heavy (non-hydrogen) atoms. The normalized spacial score (nSPS) is 14.0. The molecule has 0 saturated heterocycles. The van der Waals surface area contributed by atoms with Crippen molar-refractivity contribution in [2.45, 2.75) is 18.8 Å². The van der Waals surface area contributed by atoms with Crippen LogP contribution in [0.5, 0.6) is 0 Å². The van der Waals surface area contributed by atoms with Gasteiger partial charge in [0.15, 0.2) is 0 Å². The lowest BCUT2D eigenvalue weighted by Crippen LogP contribution is -2.10. The highest BCUT2D eigenvalue weighted by Gasteiger charge is 2.28. The second-order valence-electron chi connectivity index (χ2n) is 5.84. The van der Waals surface area contributed by atoms with Crippen LogP contribution in [0.25, 0.3) is 6.08 Å². The van der Waals surface area contributed by atoms with E-state index in [0.29, 0.717) is 34.4 Å². The van der Waals surface area contributed by atoms with Crippen molar-refractivity contribution in [3.63, 3.8) is 0 Å². The lowest BCUT2D eigenvalue weighted by atomic mass is 10.2. The van der Waals surface area contributed by atoms with E-state index in [1.165, 1.54) is 18.2 Å². The van der Waals surface area contributed by atoms with E-state index in [1.54, 1.807) is 12.3 Å². The maximum atomic E-state index is 14.2. The molecule has 0 bridgehead atoms. The number of aromatic nitrogens is 2. The highest BCUT2D eigenvalue weighted by atomic mass is 127. The first-order chi connectivity index (χ1) is 13.0. The molecule has 0 radical (unpaired) electrons. The third kappa shape index (κ3) is 5.21. The van der Waals surface area contributed by atoms with E-state index in [4.69, 9.17) is 17.0 Å². The van der Waals surface area contributed by atoms with Gasteiger partial charge in [0.1, 0.15) is 17.3 Å². The minimum atomic E-state index is -0.608. The summed E-state index contributed by atoms with van der Waals surface area (Å²) in [6.07, 6.45) is 7.49. The van der Waals surface area contributed by atoms with Gasteiger partial charge in [0.25, 0.3) is 0 Å². The predicted molar refractivity (Wildman–Crippen MR) is 117 cm³/mol. The molecule has 2 aromatic rings. The van der Waals surface area contributed by atoms with Crippen molar-refractivity contribution in [1.29, 1.82) is 5.41 Å². The fraction of sp³-hybridized carbons (Fsp3) is 0.176. The second kappa shape index (κ2) is 9.03. The minimum Gasteiger partial charge on any atom is -0.343 e. The summed E-state index contributed by atoms with van der Waals surface area (Å²) < 4.78 is 14.2. The number of pyridine rings is 2. The molecule has 6 nitrogen and oxygen atoms in total. The Morgan fingerprint density at radius 3 is 2.89 bits per heavy atom. The summed E-state index contributed by atoms with van der Waals surface area (Å²) in [5.41, 5.74) is 1.74. The third-order valence-corrected chi connectivity index (χ3v) is 5.20. The molecule has 1 aliphatic carbocycles. The van der Waals surface area contributed by atoms with Crippen molar-refractivity contribution in [2.75, 3.05) is 10.4 Å². The molecule has 1 atom stereocenters. The van der Waals surface area contributed by atoms with Crippen molar-refractivity contribution in [3.05, 3.63) is 52.2 Å². The van der Waals surface area contributed by atoms with Crippen molar-refractivity contribution in [2.24, 2.45) is 0 Å². The van der Waals surface area contributed by atoms with Gasteiger partial charge >= 0.3 is 0 Å². The predicted octanol–water partition coefficient (Wildman–Crippen LogP) is 5.15. The van der Waals surface area contributed by atoms with E-state index < -0.39 is 11.7 Å². The molecular formula is C17H15ClFIN5OP. The van der Waals surface area contributed by atoms with Gasteiger partial charge in [-0.15, -0.1) is 0 Å². The zero-order valence-corrected chi connectivity index (χ0v) is 17.8. The van der Waals surface area contributed by atoms with E-state index in [0.717, 1.165) is 24.8 Å². The molecule has 0 aromatic carbocycles. The Labute approximate surface area is 175 Å². The van der Waals surface area contributed by atoms with E-state index >= 15 is 0 Å². The molecule has 0 spiro atoms. The Morgan fingerprint density at radius 2 is 2.22 bits per heavy atom. The second-order valence-corrected chi connectivity index (χ2v) is 8.33. The van der Waals surface area contributed by atoms with Crippen LogP contribution in [-0.2, 0) is 4.79 Å². The number of nitrogens with one attached hydrogen (secondary N) is 3. The number of hydrogen-bond donors (Lipinski definition) is 3. The summed E-state index contributed by atoms with van der Waals surface area (Å²) in [6.45, 7) is 0. The van der Waals surface area contributed by atoms with Gasteiger partial charge in [0, 0.05) is 36.3 Å². The topological polar surface area (TPSA) is 90.8 Å². The number of anilines is 2. The monoisotopic (exact) mass is 517 g/mol. The van der Waals surface area contributed by atoms with E-state index in [2.05, 4.69) is 42.4 Å². The molecule has 1 aliphatic rings. The molecule has 1 saturated carbocycles. The summed E-state index contributed by atoms with van der Waals surface area (Å²) in [5.74, 6) is -0.294. The van der Waals surface area contributed by atoms with Crippen LogP contribution >= 0.6 is 40.0 Å². The number of rotatable bonds is 7. The number of carbonyl (C=O) groups excluding carboxylic acids is 1. The van der Waals surface area contributed by atoms with Crippen LogP contribution in [0.1, 0.15) is 35.7 Å². The molecule has 2 heterocycles. The first-order valence-corrected chi connectivity index (χ1v) is 12.5. The summed E-state index contributed by atoms with van der Waals surface area (Å²) in [6, 6.07) is 2.87. The van der Waals surface area contributed by atoms with Crippen LogP contribution in [-0.4, -0.2) is 22.1 Å². The molecular weight excluding hydrogens is 503 g/mol. The summed E-state index contributed by atoms with van der Waals surface area (Å²) in [5, 5.41) is 13.5. The molecule has 140 valence electrons. The summed E-state index contributed by atoms with van der Waals surface area (Å²) in [7, 11) is 0. The highest BCUT2D eigenvalue weighted by molar-refractivity contribution is 14.2. The number of amides is 1. The van der Waals surface area contributed by atoms with Crippen LogP contribution in [0.2, 0.25) is 5.02 Å². The van der Waals surface area contributed by atoms with E-state index in [-0.39, 0.29) is 5.69 Å². The highest BCUT2D eigenvalue weighted by Crippen LogP contribution is 2.42. The lowest BCUT2D eigenvalue weighted by Gasteiger charge is -2.09. The van der Waals surface area contributed by atoms with Crippen molar-refractivity contribution >= 4 is 69.7 Å². The smallest absolute Gasteiger partial charge is 0.248 e. The molecule has 10 heteroatoms. The first-order valence-electron chi connectivity index (χ1n) is 7.99. The lowest BCUT2D eigenvalue weighted by molar-refractivity contribution is -0.111. The first kappa shape index (κ1) is 20.1. The average molecular weight is 518 g/mol. The largest absolute Gasteiger partial charge is 0.343 e. The number of carbonyl (C=O) groups is 1. The summed E-state index contributed by atoms with van der Waals surface area (Å²) >= 11 is 8.09. The van der Waals surface area contributed by atoms with Crippen molar-refractivity contribution in [3.8, 4) is 0 Å². The molecule has 2 aromatic heterocycles. The molecule has 1 unspecified atom stereocenters. The maximum absolute atomic E-state index is 14.2. The van der Waals surface area contributed by atoms with Gasteiger partial charge in [-0.25, -0.2) is 9.37 Å². The fourth-order valence-corrected chi connectivity index (χ4v) is 3.66. The van der Waals surface area contributed by atoms with Crippen LogP contribution < -0.4 is 10.4 Å². The van der Waals surface area contributed by atoms with Gasteiger partial charge in [0.2, 0.25) is 5.91 Å². The Bertz CT molecular complexity index is 922. The Morgan fingerprint density at radius 1 is 1.44 bits per heavy atom. The SMILES string of the molecule is N=Cc1cc(F)c(/C=C/C(=O)Nc2cc(Cl)cnc2C2CC2)nc1NPI. The summed E-state index contributed by atoms with van der Waals surface area (Å²) in [4.78, 5) is 20.7. The van der Waals surface area contributed by atoms with Gasteiger partial charge < -0.3 is 15.8 Å². The quantitative estimate of drug-likeness (QED) is 0.205. The molecule has 1 fully saturated rings. The van der Waals surface area contributed by atoms with Crippen LogP contribution in [0.4, 0.5) is 15.9 Å². The standard InChI is InChI=1S/C17H15ClFIN5OP/c18-11-6-14(16(22-8-11)9-1-2-9)23-15(26)4-3-13-12(19)5-10(7-21)17(24-13)25-27-20/h3-9,21,27H,1-2H2,(H,23,26)(H,24,25)/b4-3+,21-7?.